The van der Waals surface area contributed by atoms with Gasteiger partial charge in [-0.05, 0) is 26.0 Å². The van der Waals surface area contributed by atoms with Crippen LogP contribution in [0.25, 0.3) is 0 Å². The molecule has 0 bridgehead atoms. The van der Waals surface area contributed by atoms with Crippen LogP contribution in [0, 0.1) is 0 Å². The number of hydrogen-bond donors (Lipinski definition) is 2. The van der Waals surface area contributed by atoms with E-state index in [1.54, 1.807) is 18.3 Å². The van der Waals surface area contributed by atoms with Crippen LogP contribution in [0.3, 0.4) is 0 Å². The Balaban J connectivity index is 2.24. The van der Waals surface area contributed by atoms with Crippen LogP contribution in [-0.4, -0.2) is 37.3 Å². The van der Waals surface area contributed by atoms with E-state index in [4.69, 9.17) is 0 Å². The molecule has 0 aliphatic heterocycles. The van der Waals surface area contributed by atoms with Crippen molar-refractivity contribution in [1.82, 2.24) is 14.6 Å². The fourth-order valence-corrected chi connectivity index (χ4v) is 3.60. The second-order valence-corrected chi connectivity index (χ2v) is 6.38. The van der Waals surface area contributed by atoms with Crippen molar-refractivity contribution < 1.29 is 8.42 Å². The standard InChI is InChI=1S/C12H19N3O2S/c1-3-6-15(11-4-5-11)18(16,17)12-7-10(8-13-2)14-9-12/h3,7,9,11,13-14H,1,4-6,8H2,2H3. The summed E-state index contributed by atoms with van der Waals surface area (Å²) in [6, 6.07) is 1.83. The van der Waals surface area contributed by atoms with Crippen molar-refractivity contribution in [1.29, 1.82) is 0 Å². The SMILES string of the molecule is C=CCN(C1CC1)S(=O)(=O)c1c[nH]c(CNC)c1. The molecule has 6 heteroatoms. The second kappa shape index (κ2) is 5.26. The molecule has 0 radical (unpaired) electrons. The molecule has 1 aliphatic carbocycles. The molecule has 1 aromatic heterocycles. The summed E-state index contributed by atoms with van der Waals surface area (Å²) in [4.78, 5) is 3.31. The topological polar surface area (TPSA) is 65.2 Å². The molecule has 1 aromatic rings. The number of H-pyrrole nitrogens is 1. The highest BCUT2D eigenvalue weighted by Crippen LogP contribution is 2.31. The van der Waals surface area contributed by atoms with Crippen molar-refractivity contribution in [2.24, 2.45) is 0 Å². The smallest absolute Gasteiger partial charge is 0.245 e. The Hall–Kier alpha value is -1.11. The van der Waals surface area contributed by atoms with Crippen molar-refractivity contribution in [3.8, 4) is 0 Å². The average Bonchev–Trinajstić information content (AvgIpc) is 3.05. The molecule has 0 spiro atoms. The van der Waals surface area contributed by atoms with Crippen LogP contribution in [0.5, 0.6) is 0 Å². The third-order valence-electron chi connectivity index (χ3n) is 2.95. The Kier molecular flexibility index (Phi) is 3.89. The molecular weight excluding hydrogens is 250 g/mol. The summed E-state index contributed by atoms with van der Waals surface area (Å²) in [6.07, 6.45) is 5.08. The van der Waals surface area contributed by atoms with Gasteiger partial charge < -0.3 is 10.3 Å². The molecule has 0 aromatic carbocycles. The number of aromatic amines is 1. The predicted molar refractivity (Wildman–Crippen MR) is 70.7 cm³/mol. The number of nitrogens with zero attached hydrogens (tertiary/aromatic N) is 1. The molecule has 1 heterocycles. The number of nitrogens with one attached hydrogen (secondary N) is 2. The van der Waals surface area contributed by atoms with Gasteiger partial charge in [0, 0.05) is 31.0 Å². The van der Waals surface area contributed by atoms with Crippen LogP contribution < -0.4 is 5.32 Å². The molecule has 1 saturated carbocycles. The summed E-state index contributed by atoms with van der Waals surface area (Å²) in [5.41, 5.74) is 0.866. The van der Waals surface area contributed by atoms with E-state index in [0.29, 0.717) is 18.0 Å². The molecule has 2 N–H and O–H groups in total. The van der Waals surface area contributed by atoms with E-state index < -0.39 is 10.0 Å². The van der Waals surface area contributed by atoms with Gasteiger partial charge in [-0.3, -0.25) is 0 Å². The predicted octanol–water partition coefficient (Wildman–Crippen LogP) is 1.07. The van der Waals surface area contributed by atoms with Crippen LogP contribution >= 0.6 is 0 Å². The lowest BCUT2D eigenvalue weighted by Gasteiger charge is -2.19. The summed E-state index contributed by atoms with van der Waals surface area (Å²) < 4.78 is 26.5. The molecule has 18 heavy (non-hydrogen) atoms. The van der Waals surface area contributed by atoms with E-state index in [9.17, 15) is 8.42 Å². The minimum absolute atomic E-state index is 0.149. The number of rotatable bonds is 7. The maximum atomic E-state index is 12.5. The first-order valence-corrected chi connectivity index (χ1v) is 7.48. The maximum absolute atomic E-state index is 12.5. The third kappa shape index (κ3) is 2.66. The van der Waals surface area contributed by atoms with Gasteiger partial charge in [0.15, 0.2) is 0 Å². The van der Waals surface area contributed by atoms with Gasteiger partial charge in [-0.2, -0.15) is 4.31 Å². The van der Waals surface area contributed by atoms with Crippen LogP contribution in [0.4, 0.5) is 0 Å². The van der Waals surface area contributed by atoms with Crippen LogP contribution in [0.2, 0.25) is 0 Å². The molecule has 100 valence electrons. The Morgan fingerprint density at radius 1 is 1.61 bits per heavy atom. The number of aromatic nitrogens is 1. The third-order valence-corrected chi connectivity index (χ3v) is 4.85. The molecule has 1 fully saturated rings. The van der Waals surface area contributed by atoms with Crippen LogP contribution in [0.15, 0.2) is 29.8 Å². The Morgan fingerprint density at radius 3 is 2.89 bits per heavy atom. The number of hydrogen-bond acceptors (Lipinski definition) is 3. The summed E-state index contributed by atoms with van der Waals surface area (Å²) in [6.45, 7) is 4.63. The van der Waals surface area contributed by atoms with Crippen LogP contribution in [0.1, 0.15) is 18.5 Å². The van der Waals surface area contributed by atoms with Gasteiger partial charge >= 0.3 is 0 Å². The first-order valence-electron chi connectivity index (χ1n) is 6.04. The number of sulfonamides is 1. The first-order chi connectivity index (χ1) is 8.59. The minimum Gasteiger partial charge on any atom is -0.363 e. The molecule has 0 unspecified atom stereocenters. The molecule has 0 saturated heterocycles. The highest BCUT2D eigenvalue weighted by atomic mass is 32.2. The Labute approximate surface area is 108 Å². The van der Waals surface area contributed by atoms with Gasteiger partial charge in [0.25, 0.3) is 0 Å². The Morgan fingerprint density at radius 2 is 2.33 bits per heavy atom. The summed E-state index contributed by atoms with van der Waals surface area (Å²) >= 11 is 0. The molecule has 1 aliphatic rings. The van der Waals surface area contributed by atoms with Gasteiger partial charge in [0.2, 0.25) is 10.0 Å². The fraction of sp³-hybridized carbons (Fsp3) is 0.500. The van der Waals surface area contributed by atoms with E-state index in [1.807, 2.05) is 7.05 Å². The van der Waals surface area contributed by atoms with E-state index in [0.717, 1.165) is 18.5 Å². The van der Waals surface area contributed by atoms with Crippen molar-refractivity contribution >= 4 is 10.0 Å². The lowest BCUT2D eigenvalue weighted by atomic mass is 10.4. The van der Waals surface area contributed by atoms with Gasteiger partial charge in [0.05, 0.1) is 4.90 Å². The van der Waals surface area contributed by atoms with Crippen molar-refractivity contribution in [3.63, 3.8) is 0 Å². The fourth-order valence-electron chi connectivity index (χ4n) is 1.93. The first kappa shape index (κ1) is 13.3. The van der Waals surface area contributed by atoms with Crippen molar-refractivity contribution in [2.75, 3.05) is 13.6 Å². The van der Waals surface area contributed by atoms with Gasteiger partial charge in [-0.25, -0.2) is 8.42 Å². The van der Waals surface area contributed by atoms with Gasteiger partial charge in [-0.15, -0.1) is 6.58 Å². The van der Waals surface area contributed by atoms with E-state index in [1.165, 1.54) is 4.31 Å². The largest absolute Gasteiger partial charge is 0.363 e. The van der Waals surface area contributed by atoms with E-state index >= 15 is 0 Å². The monoisotopic (exact) mass is 269 g/mol. The summed E-state index contributed by atoms with van der Waals surface area (Å²) in [7, 11) is -1.57. The zero-order valence-electron chi connectivity index (χ0n) is 10.5. The molecule has 0 atom stereocenters. The van der Waals surface area contributed by atoms with E-state index in [-0.39, 0.29) is 6.04 Å². The average molecular weight is 269 g/mol. The highest BCUT2D eigenvalue weighted by Gasteiger charge is 2.37. The van der Waals surface area contributed by atoms with Gasteiger partial charge in [-0.1, -0.05) is 6.08 Å². The van der Waals surface area contributed by atoms with Crippen LogP contribution in [-0.2, 0) is 16.6 Å². The second-order valence-electron chi connectivity index (χ2n) is 4.49. The lowest BCUT2D eigenvalue weighted by Crippen LogP contribution is -2.33. The molecule has 2 rings (SSSR count). The van der Waals surface area contributed by atoms with Gasteiger partial charge in [0.1, 0.15) is 0 Å². The lowest BCUT2D eigenvalue weighted by molar-refractivity contribution is 0.436. The highest BCUT2D eigenvalue weighted by molar-refractivity contribution is 7.89. The normalized spacial score (nSPS) is 16.1. The zero-order valence-corrected chi connectivity index (χ0v) is 11.3. The zero-order chi connectivity index (χ0) is 13.2. The van der Waals surface area contributed by atoms with E-state index in [2.05, 4.69) is 16.9 Å². The van der Waals surface area contributed by atoms with Crippen molar-refractivity contribution in [3.05, 3.63) is 30.6 Å². The summed E-state index contributed by atoms with van der Waals surface area (Å²) in [5.74, 6) is 0. The molecule has 0 amide bonds. The molecular formula is C12H19N3O2S. The minimum atomic E-state index is -3.39. The molecule has 5 nitrogen and oxygen atoms in total. The Bertz CT molecular complexity index is 517. The maximum Gasteiger partial charge on any atom is 0.245 e. The quantitative estimate of drug-likeness (QED) is 0.728. The van der Waals surface area contributed by atoms with Crippen molar-refractivity contribution in [2.45, 2.75) is 30.3 Å². The summed E-state index contributed by atoms with van der Waals surface area (Å²) in [5, 5.41) is 2.98.